The molecule has 7 heteroatoms. The lowest BCUT2D eigenvalue weighted by Crippen LogP contribution is -2.37. The Labute approximate surface area is 155 Å². The van der Waals surface area contributed by atoms with Crippen LogP contribution in [0.25, 0.3) is 0 Å². The maximum Gasteiger partial charge on any atom is 0.191 e. The van der Waals surface area contributed by atoms with E-state index in [2.05, 4.69) is 34.5 Å². The van der Waals surface area contributed by atoms with Crippen LogP contribution in [0.1, 0.15) is 43.0 Å². The first-order valence-electron chi connectivity index (χ1n) is 7.74. The molecule has 0 radical (unpaired) electrons. The average Bonchev–Trinajstić information content (AvgIpc) is 2.96. The Kier molecular flexibility index (Phi) is 13.9. The lowest BCUT2D eigenvalue weighted by atomic mass is 10.2. The van der Waals surface area contributed by atoms with Gasteiger partial charge in [0, 0.05) is 37.9 Å². The molecule has 22 heavy (non-hydrogen) atoms. The molecule has 0 spiro atoms. The van der Waals surface area contributed by atoms with Crippen molar-refractivity contribution in [3.63, 3.8) is 0 Å². The van der Waals surface area contributed by atoms with E-state index in [0.29, 0.717) is 6.54 Å². The summed E-state index contributed by atoms with van der Waals surface area (Å²) in [6, 6.07) is 0. The third kappa shape index (κ3) is 9.58. The van der Waals surface area contributed by atoms with E-state index >= 15 is 0 Å². The number of hydrogen-bond acceptors (Lipinski definition) is 4. The van der Waals surface area contributed by atoms with Crippen LogP contribution < -0.4 is 10.6 Å². The zero-order valence-electron chi connectivity index (χ0n) is 13.9. The number of aliphatic imine (C=N–C) groups is 1. The molecule has 0 aliphatic carbocycles. The summed E-state index contributed by atoms with van der Waals surface area (Å²) >= 11 is 1.74. The maximum absolute atomic E-state index is 5.04. The second-order valence-corrected chi connectivity index (χ2v) is 5.95. The first-order chi connectivity index (χ1) is 10.3. The zero-order valence-corrected chi connectivity index (χ0v) is 17.0. The van der Waals surface area contributed by atoms with E-state index < -0.39 is 0 Å². The lowest BCUT2D eigenvalue weighted by molar-refractivity contribution is 0.192. The number of thiazole rings is 1. The molecule has 2 N–H and O–H groups in total. The van der Waals surface area contributed by atoms with Crippen molar-refractivity contribution in [3.8, 4) is 0 Å². The molecule has 0 unspecified atom stereocenters. The van der Waals surface area contributed by atoms with Gasteiger partial charge in [0.1, 0.15) is 5.01 Å². The van der Waals surface area contributed by atoms with Crippen molar-refractivity contribution in [2.24, 2.45) is 4.99 Å². The predicted octanol–water partition coefficient (Wildman–Crippen LogP) is 3.20. The van der Waals surface area contributed by atoms with Gasteiger partial charge in [-0.1, -0.05) is 6.92 Å². The molecule has 0 atom stereocenters. The molecule has 5 nitrogen and oxygen atoms in total. The van der Waals surface area contributed by atoms with E-state index in [9.17, 15) is 0 Å². The summed E-state index contributed by atoms with van der Waals surface area (Å²) in [5.74, 6) is 0.873. The van der Waals surface area contributed by atoms with E-state index in [1.165, 1.54) is 11.3 Å². The number of rotatable bonds is 10. The molecule has 0 aromatic carbocycles. The van der Waals surface area contributed by atoms with E-state index in [-0.39, 0.29) is 24.0 Å². The fourth-order valence-electron chi connectivity index (χ4n) is 1.83. The molecule has 0 amide bonds. The number of methoxy groups -OCH3 is 1. The van der Waals surface area contributed by atoms with Crippen molar-refractivity contribution < 1.29 is 4.74 Å². The average molecular weight is 440 g/mol. The number of ether oxygens (including phenoxy) is 1. The van der Waals surface area contributed by atoms with E-state index in [1.807, 2.05) is 6.20 Å². The second-order valence-electron chi connectivity index (χ2n) is 4.75. The minimum absolute atomic E-state index is 0. The number of aryl methyl sites for hydroxylation is 1. The van der Waals surface area contributed by atoms with Crippen LogP contribution in [0.4, 0.5) is 0 Å². The van der Waals surface area contributed by atoms with Crippen LogP contribution in [-0.4, -0.2) is 37.7 Å². The van der Waals surface area contributed by atoms with Crippen LogP contribution in [0.3, 0.4) is 0 Å². The highest BCUT2D eigenvalue weighted by Crippen LogP contribution is 2.13. The van der Waals surface area contributed by atoms with Gasteiger partial charge in [-0.25, -0.2) is 9.98 Å². The van der Waals surface area contributed by atoms with Crippen LogP contribution in [0, 0.1) is 0 Å². The van der Waals surface area contributed by atoms with Gasteiger partial charge in [0.25, 0.3) is 0 Å². The van der Waals surface area contributed by atoms with Crippen molar-refractivity contribution >= 4 is 41.3 Å². The van der Waals surface area contributed by atoms with E-state index in [4.69, 9.17) is 4.74 Å². The van der Waals surface area contributed by atoms with Crippen LogP contribution in [0.5, 0.6) is 0 Å². The van der Waals surface area contributed by atoms with Gasteiger partial charge in [0.2, 0.25) is 0 Å². The number of nitrogens with one attached hydrogen (secondary N) is 2. The summed E-state index contributed by atoms with van der Waals surface area (Å²) in [6.07, 6.45) is 6.41. The molecular formula is C15H29IN4OS. The van der Waals surface area contributed by atoms with Crippen molar-refractivity contribution in [3.05, 3.63) is 16.1 Å². The standard InChI is InChI=1S/C15H28N4OS.HI/c1-4-13-11-18-14(21-13)12-19-15(16-5-2)17-9-7-6-8-10-20-3;/h11H,4-10,12H2,1-3H3,(H2,16,17,19);1H. The van der Waals surface area contributed by atoms with Crippen LogP contribution in [0.2, 0.25) is 0 Å². The molecule has 1 heterocycles. The molecule has 0 saturated carbocycles. The van der Waals surface area contributed by atoms with Crippen molar-refractivity contribution in [2.75, 3.05) is 26.8 Å². The van der Waals surface area contributed by atoms with Crippen LogP contribution >= 0.6 is 35.3 Å². The monoisotopic (exact) mass is 440 g/mol. The first kappa shape index (κ1) is 21.6. The van der Waals surface area contributed by atoms with Crippen molar-refractivity contribution in [2.45, 2.75) is 46.1 Å². The molecule has 0 saturated heterocycles. The van der Waals surface area contributed by atoms with Crippen molar-refractivity contribution in [1.29, 1.82) is 0 Å². The van der Waals surface area contributed by atoms with Gasteiger partial charge in [-0.05, 0) is 32.6 Å². The summed E-state index contributed by atoms with van der Waals surface area (Å²) in [5, 5.41) is 7.70. The highest BCUT2D eigenvalue weighted by molar-refractivity contribution is 14.0. The third-order valence-corrected chi connectivity index (χ3v) is 4.11. The zero-order chi connectivity index (χ0) is 15.3. The first-order valence-corrected chi connectivity index (χ1v) is 8.56. The van der Waals surface area contributed by atoms with Gasteiger partial charge < -0.3 is 15.4 Å². The van der Waals surface area contributed by atoms with Gasteiger partial charge in [-0.2, -0.15) is 0 Å². The highest BCUT2D eigenvalue weighted by atomic mass is 127. The number of aromatic nitrogens is 1. The van der Waals surface area contributed by atoms with Gasteiger partial charge in [0.05, 0.1) is 6.54 Å². The molecule has 1 rings (SSSR count). The molecule has 1 aromatic rings. The minimum atomic E-state index is 0. The molecule has 0 aliphatic rings. The molecule has 128 valence electrons. The normalized spacial score (nSPS) is 11.1. The third-order valence-electron chi connectivity index (χ3n) is 2.98. The number of nitrogens with zero attached hydrogens (tertiary/aromatic N) is 2. The van der Waals surface area contributed by atoms with Gasteiger partial charge in [-0.15, -0.1) is 35.3 Å². The van der Waals surface area contributed by atoms with E-state index in [1.54, 1.807) is 18.4 Å². The van der Waals surface area contributed by atoms with E-state index in [0.717, 1.165) is 49.9 Å². The summed E-state index contributed by atoms with van der Waals surface area (Å²) in [4.78, 5) is 10.3. The highest BCUT2D eigenvalue weighted by Gasteiger charge is 2.01. The number of halogens is 1. The Hall–Kier alpha value is -0.410. The summed E-state index contributed by atoms with van der Waals surface area (Å²) in [7, 11) is 1.75. The molecule has 0 fully saturated rings. The summed E-state index contributed by atoms with van der Waals surface area (Å²) in [5.41, 5.74) is 0. The summed E-state index contributed by atoms with van der Waals surface area (Å²) in [6.45, 7) is 7.52. The SMILES string of the molecule is CCNC(=NCc1ncc(CC)s1)NCCCCCOC.I. The Balaban J connectivity index is 0.00000441. The van der Waals surface area contributed by atoms with Crippen LogP contribution in [0.15, 0.2) is 11.2 Å². The quantitative estimate of drug-likeness (QED) is 0.254. The Morgan fingerprint density at radius 1 is 1.27 bits per heavy atom. The molecule has 0 bridgehead atoms. The fourth-order valence-corrected chi connectivity index (χ4v) is 2.61. The molecule has 1 aromatic heterocycles. The predicted molar refractivity (Wildman–Crippen MR) is 105 cm³/mol. The van der Waals surface area contributed by atoms with Gasteiger partial charge in [0.15, 0.2) is 5.96 Å². The topological polar surface area (TPSA) is 58.5 Å². The number of guanidine groups is 1. The van der Waals surface area contributed by atoms with Crippen LogP contribution in [-0.2, 0) is 17.7 Å². The Bertz CT molecular complexity index is 412. The smallest absolute Gasteiger partial charge is 0.191 e. The molecular weight excluding hydrogens is 411 g/mol. The fraction of sp³-hybridized carbons (Fsp3) is 0.733. The van der Waals surface area contributed by atoms with Gasteiger partial charge in [-0.3, -0.25) is 0 Å². The Morgan fingerprint density at radius 2 is 2.09 bits per heavy atom. The minimum Gasteiger partial charge on any atom is -0.385 e. The van der Waals surface area contributed by atoms with Crippen molar-refractivity contribution in [1.82, 2.24) is 15.6 Å². The maximum atomic E-state index is 5.04. The lowest BCUT2D eigenvalue weighted by Gasteiger charge is -2.10. The largest absolute Gasteiger partial charge is 0.385 e. The molecule has 0 aliphatic heterocycles. The Morgan fingerprint density at radius 3 is 2.73 bits per heavy atom. The van der Waals surface area contributed by atoms with Gasteiger partial charge >= 0.3 is 0 Å². The number of unbranched alkanes of at least 4 members (excludes halogenated alkanes) is 2. The second kappa shape index (κ2) is 14.2. The number of hydrogen-bond donors (Lipinski definition) is 2. The summed E-state index contributed by atoms with van der Waals surface area (Å²) < 4.78 is 5.04.